The summed E-state index contributed by atoms with van der Waals surface area (Å²) in [4.78, 5) is 51.0. The lowest BCUT2D eigenvalue weighted by Gasteiger charge is -2.32. The molecule has 11 heteroatoms. The summed E-state index contributed by atoms with van der Waals surface area (Å²) in [7, 11) is 0. The largest absolute Gasteiger partial charge is 0.528 e. The van der Waals surface area contributed by atoms with Gasteiger partial charge in [-0.1, -0.05) is 0 Å². The number of halogens is 1. The van der Waals surface area contributed by atoms with Gasteiger partial charge < -0.3 is 14.9 Å². The van der Waals surface area contributed by atoms with Crippen LogP contribution in [0.5, 0.6) is 0 Å². The molecule has 2 amide bonds. The molecule has 1 atom stereocenters. The summed E-state index contributed by atoms with van der Waals surface area (Å²) < 4.78 is 18.2. The molecule has 1 aliphatic carbocycles. The van der Waals surface area contributed by atoms with Gasteiger partial charge in [-0.3, -0.25) is 14.9 Å². The Morgan fingerprint density at radius 2 is 1.78 bits per heavy atom. The second-order valence-electron chi connectivity index (χ2n) is 10.3. The van der Waals surface area contributed by atoms with Gasteiger partial charge in [0.15, 0.2) is 0 Å². The number of piperidine rings is 1. The second-order valence-corrected chi connectivity index (χ2v) is 10.3. The van der Waals surface area contributed by atoms with Crippen molar-refractivity contribution < 1.29 is 28.3 Å². The van der Waals surface area contributed by atoms with E-state index in [2.05, 4.69) is 20.6 Å². The Morgan fingerprint density at radius 1 is 1.08 bits per heavy atom. The number of carbonyl (C=O) groups excluding carboxylic acids is 3. The van der Waals surface area contributed by atoms with Crippen molar-refractivity contribution in [1.29, 1.82) is 0 Å². The highest BCUT2D eigenvalue weighted by Crippen LogP contribution is 2.23. The van der Waals surface area contributed by atoms with Gasteiger partial charge in [0.05, 0.1) is 0 Å². The van der Waals surface area contributed by atoms with Crippen molar-refractivity contribution in [2.24, 2.45) is 5.92 Å². The minimum Gasteiger partial charge on any atom is -0.427 e. The predicted octanol–water partition coefficient (Wildman–Crippen LogP) is 3.42. The number of hydroxylamine groups is 2. The first-order valence-electron chi connectivity index (χ1n) is 12.4. The molecule has 0 saturated carbocycles. The van der Waals surface area contributed by atoms with Crippen LogP contribution >= 0.6 is 0 Å². The summed E-state index contributed by atoms with van der Waals surface area (Å²) in [5, 5.41) is 7.33. The number of hydrogen-bond donors (Lipinski definition) is 2. The van der Waals surface area contributed by atoms with Gasteiger partial charge in [0.25, 0.3) is 5.91 Å². The third-order valence-corrected chi connectivity index (χ3v) is 6.25. The van der Waals surface area contributed by atoms with Crippen LogP contribution in [-0.4, -0.2) is 57.7 Å². The fourth-order valence-electron chi connectivity index (χ4n) is 4.37. The molecule has 10 nitrogen and oxygen atoms in total. The van der Waals surface area contributed by atoms with E-state index in [-0.39, 0.29) is 23.8 Å². The van der Waals surface area contributed by atoms with Gasteiger partial charge in [0.2, 0.25) is 11.9 Å². The number of carbonyl (C=O) groups is 3. The van der Waals surface area contributed by atoms with Crippen LogP contribution in [0.4, 0.5) is 15.1 Å². The summed E-state index contributed by atoms with van der Waals surface area (Å²) in [6.07, 6.45) is 4.07. The molecule has 0 radical (unpaired) electrons. The van der Waals surface area contributed by atoms with Crippen molar-refractivity contribution in [3.05, 3.63) is 53.1 Å². The van der Waals surface area contributed by atoms with Crippen LogP contribution < -0.4 is 10.6 Å². The molecule has 2 aromatic rings. The molecule has 37 heavy (non-hydrogen) atoms. The van der Waals surface area contributed by atoms with Crippen LogP contribution in [0.3, 0.4) is 0 Å². The van der Waals surface area contributed by atoms with E-state index in [0.717, 1.165) is 17.7 Å². The number of anilines is 1. The zero-order valence-electron chi connectivity index (χ0n) is 21.3. The normalized spacial score (nSPS) is 18.4. The van der Waals surface area contributed by atoms with Gasteiger partial charge in [0, 0.05) is 42.5 Å². The van der Waals surface area contributed by atoms with Gasteiger partial charge in [-0.25, -0.2) is 19.2 Å². The molecule has 2 aliphatic rings. The highest BCUT2D eigenvalue weighted by atomic mass is 19.1. The topological polar surface area (TPSA) is 123 Å². The van der Waals surface area contributed by atoms with E-state index in [4.69, 9.17) is 9.57 Å². The number of ether oxygens (including phenoxy) is 1. The molecule has 0 spiro atoms. The number of nitrogens with one attached hydrogen (secondary N) is 2. The number of fused-ring (bicyclic) bond motifs is 1. The summed E-state index contributed by atoms with van der Waals surface area (Å²) >= 11 is 0. The molecule has 1 fully saturated rings. The fraction of sp³-hybridized carbons (Fsp3) is 0.500. The molecule has 198 valence electrons. The number of aromatic nitrogens is 2. The molecule has 1 aromatic heterocycles. The minimum absolute atomic E-state index is 0.00512. The Bertz CT molecular complexity index is 1140. The van der Waals surface area contributed by atoms with Crippen molar-refractivity contribution >= 4 is 23.9 Å². The fourth-order valence-corrected chi connectivity index (χ4v) is 4.37. The molecule has 1 unspecified atom stereocenters. The van der Waals surface area contributed by atoms with Gasteiger partial charge in [-0.05, 0) is 82.7 Å². The summed E-state index contributed by atoms with van der Waals surface area (Å²) in [5.74, 6) is -0.796. The molecule has 0 bridgehead atoms. The average molecular weight is 514 g/mol. The lowest BCUT2D eigenvalue weighted by atomic mass is 9.91. The first-order valence-corrected chi connectivity index (χ1v) is 12.4. The Morgan fingerprint density at radius 3 is 2.46 bits per heavy atom. The maximum Gasteiger partial charge on any atom is 0.528 e. The standard InChI is InChI=1S/C26H32FN5O5/c1-26(2,3)36-25(35)37-32-12-10-17(11-13-32)22(33)29-20-8-9-21-18(14-20)15-28-24(30-21)31-23(34)16-4-6-19(27)7-5-16/h4-7,15,17,20H,8-14H2,1-3H3,(H,29,33)(H,28,30,31,34). The number of hydrogen-bond acceptors (Lipinski definition) is 8. The zero-order chi connectivity index (χ0) is 26.6. The van der Waals surface area contributed by atoms with Crippen LogP contribution in [0, 0.1) is 11.7 Å². The lowest BCUT2D eigenvalue weighted by Crippen LogP contribution is -2.46. The van der Waals surface area contributed by atoms with E-state index in [1.807, 2.05) is 0 Å². The van der Waals surface area contributed by atoms with Crippen molar-refractivity contribution in [3.8, 4) is 0 Å². The molecule has 1 aromatic carbocycles. The van der Waals surface area contributed by atoms with E-state index in [9.17, 15) is 18.8 Å². The van der Waals surface area contributed by atoms with Crippen molar-refractivity contribution in [2.75, 3.05) is 18.4 Å². The highest BCUT2D eigenvalue weighted by Gasteiger charge is 2.30. The van der Waals surface area contributed by atoms with Crippen LogP contribution in [0.2, 0.25) is 0 Å². The summed E-state index contributed by atoms with van der Waals surface area (Å²) in [6.45, 7) is 6.24. The van der Waals surface area contributed by atoms with E-state index < -0.39 is 23.5 Å². The average Bonchev–Trinajstić information content (AvgIpc) is 2.83. The molecule has 2 heterocycles. The summed E-state index contributed by atoms with van der Waals surface area (Å²) in [6, 6.07) is 5.21. The van der Waals surface area contributed by atoms with E-state index in [1.54, 1.807) is 32.0 Å². The van der Waals surface area contributed by atoms with Crippen molar-refractivity contribution in [3.63, 3.8) is 0 Å². The molecule has 1 aliphatic heterocycles. The molecule has 4 rings (SSSR count). The van der Waals surface area contributed by atoms with Crippen LogP contribution in [0.25, 0.3) is 0 Å². The number of benzene rings is 1. The molecular weight excluding hydrogens is 481 g/mol. The molecule has 2 N–H and O–H groups in total. The number of nitrogens with zero attached hydrogens (tertiary/aromatic N) is 3. The number of amides is 2. The Hall–Kier alpha value is -3.60. The maximum atomic E-state index is 13.1. The van der Waals surface area contributed by atoms with E-state index in [0.29, 0.717) is 44.3 Å². The SMILES string of the molecule is CC(C)(C)OC(=O)ON1CCC(C(=O)NC2CCc3nc(NC(=O)c4ccc(F)cc4)ncc3C2)CC1. The first kappa shape index (κ1) is 26.5. The van der Waals surface area contributed by atoms with Crippen LogP contribution in [-0.2, 0) is 27.2 Å². The number of rotatable bonds is 5. The monoisotopic (exact) mass is 513 g/mol. The lowest BCUT2D eigenvalue weighted by molar-refractivity contribution is -0.158. The Balaban J connectivity index is 1.24. The Labute approximate surface area is 214 Å². The predicted molar refractivity (Wildman–Crippen MR) is 132 cm³/mol. The van der Waals surface area contributed by atoms with Crippen LogP contribution in [0.1, 0.15) is 61.6 Å². The maximum absolute atomic E-state index is 13.1. The van der Waals surface area contributed by atoms with Gasteiger partial charge >= 0.3 is 6.16 Å². The minimum atomic E-state index is -0.739. The Kier molecular flexibility index (Phi) is 8.01. The summed E-state index contributed by atoms with van der Waals surface area (Å²) in [5.41, 5.74) is 1.45. The van der Waals surface area contributed by atoms with Crippen molar-refractivity contribution in [1.82, 2.24) is 20.3 Å². The van der Waals surface area contributed by atoms with E-state index in [1.165, 1.54) is 24.3 Å². The first-order chi connectivity index (χ1) is 17.6. The quantitative estimate of drug-likeness (QED) is 0.583. The highest BCUT2D eigenvalue weighted by molar-refractivity contribution is 6.03. The van der Waals surface area contributed by atoms with Gasteiger partial charge in [-0.2, -0.15) is 0 Å². The third-order valence-electron chi connectivity index (χ3n) is 6.25. The zero-order valence-corrected chi connectivity index (χ0v) is 21.3. The third kappa shape index (κ3) is 7.45. The molecule has 1 saturated heterocycles. The molecular formula is C26H32FN5O5. The van der Waals surface area contributed by atoms with Crippen LogP contribution in [0.15, 0.2) is 30.5 Å². The van der Waals surface area contributed by atoms with Crippen molar-refractivity contribution in [2.45, 2.75) is 64.5 Å². The smallest absolute Gasteiger partial charge is 0.427 e. The second kappa shape index (κ2) is 11.2. The van der Waals surface area contributed by atoms with E-state index >= 15 is 0 Å². The number of aryl methyl sites for hydroxylation is 1. The van der Waals surface area contributed by atoms with Gasteiger partial charge in [0.1, 0.15) is 11.4 Å². The van der Waals surface area contributed by atoms with Gasteiger partial charge in [-0.15, -0.1) is 5.06 Å².